The highest BCUT2D eigenvalue weighted by Crippen LogP contribution is 2.47. The first kappa shape index (κ1) is 29.8. The zero-order valence-corrected chi connectivity index (χ0v) is 26.3. The van der Waals surface area contributed by atoms with Crippen molar-refractivity contribution in [3.05, 3.63) is 84.2 Å². The summed E-state index contributed by atoms with van der Waals surface area (Å²) in [5.74, 6) is -1.67. The van der Waals surface area contributed by atoms with E-state index in [4.69, 9.17) is 19.6 Å². The van der Waals surface area contributed by atoms with Gasteiger partial charge in [-0.05, 0) is 42.6 Å². The molecule has 1 aliphatic rings. The van der Waals surface area contributed by atoms with Gasteiger partial charge in [0.1, 0.15) is 35.4 Å². The van der Waals surface area contributed by atoms with Gasteiger partial charge in [-0.2, -0.15) is 5.10 Å². The van der Waals surface area contributed by atoms with Gasteiger partial charge in [0, 0.05) is 54.0 Å². The summed E-state index contributed by atoms with van der Waals surface area (Å²) in [6.07, 6.45) is 3.06. The van der Waals surface area contributed by atoms with Gasteiger partial charge < -0.3 is 18.9 Å². The van der Waals surface area contributed by atoms with Crippen LogP contribution in [0, 0.1) is 11.6 Å². The summed E-state index contributed by atoms with van der Waals surface area (Å²) in [4.78, 5) is 23.9. The van der Waals surface area contributed by atoms with Gasteiger partial charge in [0.05, 0.1) is 53.5 Å². The maximum atomic E-state index is 16.0. The lowest BCUT2D eigenvalue weighted by atomic mass is 9.96. The van der Waals surface area contributed by atoms with Crippen LogP contribution in [0.5, 0.6) is 5.75 Å². The van der Waals surface area contributed by atoms with E-state index in [1.807, 2.05) is 58.9 Å². The van der Waals surface area contributed by atoms with Crippen molar-refractivity contribution in [3.8, 4) is 39.5 Å². The lowest BCUT2D eigenvalue weighted by Gasteiger charge is -2.31. The number of imidazole rings is 1. The molecule has 0 aliphatic carbocycles. The topological polar surface area (TPSA) is 87.3 Å². The average Bonchev–Trinajstić information content (AvgIpc) is 3.79. The largest absolute Gasteiger partial charge is 0.490 e. The van der Waals surface area contributed by atoms with E-state index in [1.165, 1.54) is 30.6 Å². The second kappa shape index (κ2) is 11.8. The molecular weight excluding hydrogens is 610 g/mol. The number of aryl methyl sites for hydroxylation is 1. The fraction of sp³-hybridized carbons (Fsp3) is 0.235. The van der Waals surface area contributed by atoms with E-state index in [0.717, 1.165) is 38.4 Å². The zero-order chi connectivity index (χ0) is 32.1. The second-order valence-corrected chi connectivity index (χ2v) is 12.2. The number of hydrogen-bond acceptors (Lipinski definition) is 7. The van der Waals surface area contributed by atoms with Crippen molar-refractivity contribution in [1.82, 2.24) is 29.2 Å². The summed E-state index contributed by atoms with van der Waals surface area (Å²) in [7, 11) is 3.46. The molecular formula is C34H30F2N6O3S. The minimum atomic E-state index is -0.783. The number of rotatable bonds is 8. The molecule has 0 unspecified atom stereocenters. The van der Waals surface area contributed by atoms with Crippen molar-refractivity contribution in [2.75, 3.05) is 26.9 Å². The van der Waals surface area contributed by atoms with Crippen LogP contribution < -0.4 is 4.74 Å². The van der Waals surface area contributed by atoms with Gasteiger partial charge in [-0.25, -0.2) is 18.7 Å². The first-order valence-corrected chi connectivity index (χ1v) is 15.6. The number of carbonyl (C=O) groups is 1. The zero-order valence-electron chi connectivity index (χ0n) is 25.5. The van der Waals surface area contributed by atoms with Gasteiger partial charge in [-0.3, -0.25) is 9.48 Å². The summed E-state index contributed by atoms with van der Waals surface area (Å²) in [5, 5.41) is 7.70. The molecule has 0 saturated carbocycles. The van der Waals surface area contributed by atoms with E-state index < -0.39 is 11.6 Å². The Morgan fingerprint density at radius 2 is 1.98 bits per heavy atom. The summed E-state index contributed by atoms with van der Waals surface area (Å²) in [6.45, 7) is 6.74. The molecule has 1 atom stereocenters. The van der Waals surface area contributed by atoms with Crippen molar-refractivity contribution in [3.63, 3.8) is 0 Å². The Balaban J connectivity index is 1.51. The van der Waals surface area contributed by atoms with Gasteiger partial charge in [-0.1, -0.05) is 12.6 Å². The first-order chi connectivity index (χ1) is 22.3. The number of methoxy groups -OCH3 is 1. The quantitative estimate of drug-likeness (QED) is 0.135. The normalized spacial score (nSPS) is 14.6. The number of carbonyl (C=O) groups excluding carboxylic acids is 1. The van der Waals surface area contributed by atoms with Crippen molar-refractivity contribution < 1.29 is 23.0 Å². The minimum Gasteiger partial charge on any atom is -0.490 e. The number of amides is 1. The number of thiophene rings is 1. The number of nitrogens with zero attached hydrogens (tertiary/aromatic N) is 6. The molecule has 2 aromatic carbocycles. The molecule has 7 rings (SSSR count). The predicted octanol–water partition coefficient (Wildman–Crippen LogP) is 6.77. The molecule has 0 spiro atoms. The molecule has 1 amide bonds. The SMILES string of the molecule is C=CC(=O)N1Cc2cc(-c3nc(-c4ccc5ncn(C)c5c4)c4ccsc4c3-c3c(F)cc(F)cc3OCCOC)nn2[C@@H](C)C1. The van der Waals surface area contributed by atoms with Crippen molar-refractivity contribution >= 4 is 38.4 Å². The standard InChI is InChI=1S/C34H30F2N6O3S/c1-5-29(43)41-16-19(2)42-22(17-41)15-26(39-42)33-31(30-24(36)13-21(35)14-28(30)45-10-9-44-4)34-23(8-11-46-34)32(38-33)20-6-7-25-27(12-20)40(3)18-37-25/h5-8,11-15,18-19H,1,9-10,16-17H2,2-4H3/t19-/m0/s1. The van der Waals surface area contributed by atoms with Gasteiger partial charge in [0.2, 0.25) is 5.91 Å². The molecule has 6 aromatic rings. The van der Waals surface area contributed by atoms with Crippen molar-refractivity contribution in [2.24, 2.45) is 7.05 Å². The highest BCUT2D eigenvalue weighted by atomic mass is 32.1. The van der Waals surface area contributed by atoms with Crippen LogP contribution >= 0.6 is 11.3 Å². The van der Waals surface area contributed by atoms with Crippen LogP contribution in [-0.4, -0.2) is 62.0 Å². The Bertz CT molecular complexity index is 2150. The Morgan fingerprint density at radius 1 is 1.13 bits per heavy atom. The highest BCUT2D eigenvalue weighted by molar-refractivity contribution is 7.18. The highest BCUT2D eigenvalue weighted by Gasteiger charge is 2.30. The summed E-state index contributed by atoms with van der Waals surface area (Å²) in [5.41, 5.74) is 5.56. The summed E-state index contributed by atoms with van der Waals surface area (Å²) in [6, 6.07) is 11.7. The lowest BCUT2D eigenvalue weighted by Crippen LogP contribution is -2.39. The van der Waals surface area contributed by atoms with Gasteiger partial charge in [-0.15, -0.1) is 11.3 Å². The third-order valence-electron chi connectivity index (χ3n) is 8.22. The van der Waals surface area contributed by atoms with E-state index in [9.17, 15) is 9.18 Å². The molecule has 4 aromatic heterocycles. The van der Waals surface area contributed by atoms with E-state index >= 15 is 4.39 Å². The number of fused-ring (bicyclic) bond motifs is 3. The Kier molecular flexibility index (Phi) is 7.61. The molecule has 0 radical (unpaired) electrons. The Hall–Kier alpha value is -4.94. The minimum absolute atomic E-state index is 0.0384. The molecule has 0 fully saturated rings. The molecule has 9 nitrogen and oxygen atoms in total. The maximum Gasteiger partial charge on any atom is 0.246 e. The molecule has 0 bridgehead atoms. The van der Waals surface area contributed by atoms with Crippen LogP contribution in [0.4, 0.5) is 8.78 Å². The molecule has 234 valence electrons. The van der Waals surface area contributed by atoms with Crippen LogP contribution in [0.25, 0.3) is 54.9 Å². The van der Waals surface area contributed by atoms with Gasteiger partial charge >= 0.3 is 0 Å². The third-order valence-corrected chi connectivity index (χ3v) is 9.15. The smallest absolute Gasteiger partial charge is 0.246 e. The van der Waals surface area contributed by atoms with Crippen molar-refractivity contribution in [2.45, 2.75) is 19.5 Å². The van der Waals surface area contributed by atoms with E-state index in [0.29, 0.717) is 35.7 Å². The predicted molar refractivity (Wildman–Crippen MR) is 174 cm³/mol. The van der Waals surface area contributed by atoms with Crippen LogP contribution in [0.1, 0.15) is 18.7 Å². The molecule has 46 heavy (non-hydrogen) atoms. The van der Waals surface area contributed by atoms with E-state index in [-0.39, 0.29) is 36.5 Å². The monoisotopic (exact) mass is 640 g/mol. The average molecular weight is 641 g/mol. The number of pyridine rings is 1. The first-order valence-electron chi connectivity index (χ1n) is 14.7. The Morgan fingerprint density at radius 3 is 2.78 bits per heavy atom. The lowest BCUT2D eigenvalue weighted by molar-refractivity contribution is -0.127. The molecule has 5 heterocycles. The third kappa shape index (κ3) is 5.03. The van der Waals surface area contributed by atoms with Crippen LogP contribution in [0.15, 0.2) is 66.8 Å². The fourth-order valence-corrected chi connectivity index (χ4v) is 7.03. The molecule has 0 N–H and O–H groups in total. The number of ether oxygens (including phenoxy) is 2. The second-order valence-electron chi connectivity index (χ2n) is 11.2. The number of halogens is 2. The van der Waals surface area contributed by atoms with Gasteiger partial charge in [0.15, 0.2) is 0 Å². The molecule has 0 saturated heterocycles. The van der Waals surface area contributed by atoms with Crippen LogP contribution in [0.3, 0.4) is 0 Å². The van der Waals surface area contributed by atoms with Crippen LogP contribution in [-0.2, 0) is 23.1 Å². The Labute approximate surface area is 267 Å². The number of aromatic nitrogens is 5. The van der Waals surface area contributed by atoms with E-state index in [1.54, 1.807) is 11.2 Å². The summed E-state index contributed by atoms with van der Waals surface area (Å²) < 4.78 is 46.3. The fourth-order valence-electron chi connectivity index (χ4n) is 6.08. The number of benzene rings is 2. The van der Waals surface area contributed by atoms with Gasteiger partial charge in [0.25, 0.3) is 0 Å². The van der Waals surface area contributed by atoms with Crippen molar-refractivity contribution in [1.29, 1.82) is 0 Å². The van der Waals surface area contributed by atoms with E-state index in [2.05, 4.69) is 11.6 Å². The molecule has 1 aliphatic heterocycles. The molecule has 12 heteroatoms. The van der Waals surface area contributed by atoms with Crippen LogP contribution in [0.2, 0.25) is 0 Å². The number of hydrogen-bond donors (Lipinski definition) is 0. The maximum absolute atomic E-state index is 16.0. The summed E-state index contributed by atoms with van der Waals surface area (Å²) >= 11 is 1.43.